The highest BCUT2D eigenvalue weighted by atomic mass is 19.1. The highest BCUT2D eigenvalue weighted by Gasteiger charge is 2.13. The molecule has 0 saturated carbocycles. The lowest BCUT2D eigenvalue weighted by Gasteiger charge is -2.05. The Bertz CT molecular complexity index is 418. The summed E-state index contributed by atoms with van der Waals surface area (Å²) in [7, 11) is 0. The number of aromatic carboxylic acids is 1. The van der Waals surface area contributed by atoms with Gasteiger partial charge in [0.1, 0.15) is 5.82 Å². The van der Waals surface area contributed by atoms with E-state index in [0.29, 0.717) is 6.54 Å². The zero-order chi connectivity index (χ0) is 12.1. The van der Waals surface area contributed by atoms with E-state index in [-0.39, 0.29) is 11.1 Å². The summed E-state index contributed by atoms with van der Waals surface area (Å²) in [4.78, 5) is 21.9. The summed E-state index contributed by atoms with van der Waals surface area (Å²) in [5.41, 5.74) is -0.317. The molecular formula is C11H12FNO3. The largest absolute Gasteiger partial charge is 0.478 e. The molecule has 1 aromatic carbocycles. The Hall–Kier alpha value is -1.91. The molecule has 2 N–H and O–H groups in total. The van der Waals surface area contributed by atoms with Crippen molar-refractivity contribution in [1.29, 1.82) is 0 Å². The number of hydrogen-bond acceptors (Lipinski definition) is 2. The Kier molecular flexibility index (Phi) is 3.99. The maximum Gasteiger partial charge on any atom is 0.335 e. The Morgan fingerprint density at radius 2 is 2.12 bits per heavy atom. The lowest BCUT2D eigenvalue weighted by atomic mass is 10.1. The van der Waals surface area contributed by atoms with Gasteiger partial charge >= 0.3 is 5.97 Å². The second kappa shape index (κ2) is 5.25. The Morgan fingerprint density at radius 3 is 2.62 bits per heavy atom. The van der Waals surface area contributed by atoms with Gasteiger partial charge in [0.05, 0.1) is 11.1 Å². The highest BCUT2D eigenvalue weighted by molar-refractivity contribution is 5.96. The minimum absolute atomic E-state index is 0.140. The van der Waals surface area contributed by atoms with Crippen LogP contribution in [0.5, 0.6) is 0 Å². The first-order valence-electron chi connectivity index (χ1n) is 4.87. The molecule has 0 fully saturated rings. The standard InChI is InChI=1S/C11H12FNO3/c1-2-5-13-10(14)8-4-3-7(11(15)16)6-9(8)12/h3-4,6H,2,5H2,1H3,(H,13,14)(H,15,16). The molecule has 4 nitrogen and oxygen atoms in total. The third kappa shape index (κ3) is 2.79. The summed E-state index contributed by atoms with van der Waals surface area (Å²) in [5, 5.41) is 11.1. The summed E-state index contributed by atoms with van der Waals surface area (Å²) in [6.45, 7) is 2.34. The smallest absolute Gasteiger partial charge is 0.335 e. The fourth-order valence-electron chi connectivity index (χ4n) is 1.17. The molecule has 0 bridgehead atoms. The topological polar surface area (TPSA) is 66.4 Å². The molecule has 0 aliphatic carbocycles. The van der Waals surface area contributed by atoms with E-state index in [4.69, 9.17) is 5.11 Å². The average molecular weight is 225 g/mol. The summed E-state index contributed by atoms with van der Waals surface area (Å²) < 4.78 is 13.4. The predicted octanol–water partition coefficient (Wildman–Crippen LogP) is 1.66. The van der Waals surface area contributed by atoms with E-state index in [1.165, 1.54) is 12.1 Å². The first kappa shape index (κ1) is 12.2. The quantitative estimate of drug-likeness (QED) is 0.819. The molecule has 5 heteroatoms. The van der Waals surface area contributed by atoms with Crippen LogP contribution in [0.3, 0.4) is 0 Å². The van der Waals surface area contributed by atoms with E-state index in [1.54, 1.807) is 0 Å². The number of nitrogens with one attached hydrogen (secondary N) is 1. The molecule has 0 spiro atoms. The van der Waals surface area contributed by atoms with Crippen molar-refractivity contribution in [2.24, 2.45) is 0 Å². The monoisotopic (exact) mass is 225 g/mol. The second-order valence-corrected chi connectivity index (χ2v) is 3.26. The van der Waals surface area contributed by atoms with E-state index in [2.05, 4.69) is 5.32 Å². The molecule has 0 heterocycles. The Labute approximate surface area is 92.1 Å². The van der Waals surface area contributed by atoms with Gasteiger partial charge in [0.25, 0.3) is 5.91 Å². The summed E-state index contributed by atoms with van der Waals surface area (Å²) in [6, 6.07) is 3.21. The maximum absolute atomic E-state index is 13.4. The molecule has 0 aliphatic heterocycles. The summed E-state index contributed by atoms with van der Waals surface area (Å²) in [6.07, 6.45) is 0.751. The molecular weight excluding hydrogens is 213 g/mol. The number of rotatable bonds is 4. The maximum atomic E-state index is 13.4. The van der Waals surface area contributed by atoms with Gasteiger partial charge in [0, 0.05) is 6.54 Å². The van der Waals surface area contributed by atoms with Crippen molar-refractivity contribution in [2.75, 3.05) is 6.54 Å². The number of halogens is 1. The third-order valence-electron chi connectivity index (χ3n) is 2.00. The highest BCUT2D eigenvalue weighted by Crippen LogP contribution is 2.10. The molecule has 0 saturated heterocycles. The average Bonchev–Trinajstić information content (AvgIpc) is 2.25. The van der Waals surface area contributed by atoms with Gasteiger partial charge in [-0.1, -0.05) is 6.92 Å². The zero-order valence-corrected chi connectivity index (χ0v) is 8.79. The molecule has 0 radical (unpaired) electrons. The number of carboxylic acid groups (broad SMARTS) is 1. The lowest BCUT2D eigenvalue weighted by molar-refractivity contribution is 0.0695. The van der Waals surface area contributed by atoms with Gasteiger partial charge in [0.15, 0.2) is 0 Å². The molecule has 1 aromatic rings. The van der Waals surface area contributed by atoms with Crippen LogP contribution in [-0.2, 0) is 0 Å². The van der Waals surface area contributed by atoms with E-state index in [1.807, 2.05) is 6.92 Å². The van der Waals surface area contributed by atoms with Crippen molar-refractivity contribution in [1.82, 2.24) is 5.32 Å². The lowest BCUT2D eigenvalue weighted by Crippen LogP contribution is -2.25. The first-order valence-corrected chi connectivity index (χ1v) is 4.87. The molecule has 0 aromatic heterocycles. The number of carbonyl (C=O) groups excluding carboxylic acids is 1. The van der Waals surface area contributed by atoms with Crippen molar-refractivity contribution < 1.29 is 19.1 Å². The van der Waals surface area contributed by atoms with Crippen LogP contribution in [0, 0.1) is 5.82 Å². The van der Waals surface area contributed by atoms with Crippen LogP contribution in [0.1, 0.15) is 34.1 Å². The van der Waals surface area contributed by atoms with Gasteiger partial charge in [-0.2, -0.15) is 0 Å². The van der Waals surface area contributed by atoms with Gasteiger partial charge < -0.3 is 10.4 Å². The van der Waals surface area contributed by atoms with Gasteiger partial charge in [-0.15, -0.1) is 0 Å². The van der Waals surface area contributed by atoms with Crippen LogP contribution >= 0.6 is 0 Å². The molecule has 86 valence electrons. The number of hydrogen-bond donors (Lipinski definition) is 2. The van der Waals surface area contributed by atoms with Gasteiger partial charge in [-0.05, 0) is 24.6 Å². The van der Waals surface area contributed by atoms with E-state index >= 15 is 0 Å². The molecule has 1 rings (SSSR count). The minimum Gasteiger partial charge on any atom is -0.478 e. The SMILES string of the molecule is CCCNC(=O)c1ccc(C(=O)O)cc1F. The minimum atomic E-state index is -1.22. The Morgan fingerprint density at radius 1 is 1.44 bits per heavy atom. The van der Waals surface area contributed by atoms with E-state index in [9.17, 15) is 14.0 Å². The third-order valence-corrected chi connectivity index (χ3v) is 2.00. The summed E-state index contributed by atoms with van der Waals surface area (Å²) in [5.74, 6) is -2.58. The second-order valence-electron chi connectivity index (χ2n) is 3.26. The van der Waals surface area contributed by atoms with Crippen LogP contribution < -0.4 is 5.32 Å². The van der Waals surface area contributed by atoms with Crippen LogP contribution in [0.25, 0.3) is 0 Å². The van der Waals surface area contributed by atoms with E-state index in [0.717, 1.165) is 12.5 Å². The fourth-order valence-corrected chi connectivity index (χ4v) is 1.17. The molecule has 1 amide bonds. The van der Waals surface area contributed by atoms with E-state index < -0.39 is 17.7 Å². The number of benzene rings is 1. The molecule has 0 unspecified atom stereocenters. The summed E-state index contributed by atoms with van der Waals surface area (Å²) >= 11 is 0. The van der Waals surface area contributed by atoms with Crippen LogP contribution in [0.4, 0.5) is 4.39 Å². The number of amides is 1. The molecule has 16 heavy (non-hydrogen) atoms. The molecule has 0 atom stereocenters. The molecule has 0 aliphatic rings. The zero-order valence-electron chi connectivity index (χ0n) is 8.79. The van der Waals surface area contributed by atoms with Crippen LogP contribution in [-0.4, -0.2) is 23.5 Å². The van der Waals surface area contributed by atoms with Crippen molar-refractivity contribution in [3.8, 4) is 0 Å². The van der Waals surface area contributed by atoms with Crippen LogP contribution in [0.2, 0.25) is 0 Å². The van der Waals surface area contributed by atoms with Crippen molar-refractivity contribution in [2.45, 2.75) is 13.3 Å². The Balaban J connectivity index is 2.90. The van der Waals surface area contributed by atoms with Gasteiger partial charge in [0.2, 0.25) is 0 Å². The fraction of sp³-hybridized carbons (Fsp3) is 0.273. The van der Waals surface area contributed by atoms with Gasteiger partial charge in [-0.3, -0.25) is 4.79 Å². The van der Waals surface area contributed by atoms with Crippen LogP contribution in [0.15, 0.2) is 18.2 Å². The number of carboxylic acids is 1. The van der Waals surface area contributed by atoms with Crippen molar-refractivity contribution in [3.63, 3.8) is 0 Å². The van der Waals surface area contributed by atoms with Crippen molar-refractivity contribution in [3.05, 3.63) is 35.1 Å². The number of carbonyl (C=O) groups is 2. The predicted molar refractivity (Wildman–Crippen MR) is 56.0 cm³/mol. The normalized spacial score (nSPS) is 9.88. The van der Waals surface area contributed by atoms with Gasteiger partial charge in [-0.25, -0.2) is 9.18 Å². The van der Waals surface area contributed by atoms with Crippen molar-refractivity contribution >= 4 is 11.9 Å². The first-order chi connectivity index (χ1) is 7.56.